The zero-order valence-electron chi connectivity index (χ0n) is 32.5. The van der Waals surface area contributed by atoms with Gasteiger partial charge in [-0.1, -0.05) is 70.6 Å². The average Bonchev–Trinajstić information content (AvgIpc) is 3.70. The maximum absolute atomic E-state index is 3.41. The number of likely N-dealkylation sites (tertiary alicyclic amines) is 2. The maximum Gasteiger partial charge on any atom is 0.0135 e. The van der Waals surface area contributed by atoms with Gasteiger partial charge in [0, 0.05) is 36.3 Å². The standard InChI is InChI=1S/C48H78N2/c1-2-12-33(13-3-1)49-45-20-10-8-18-40(45)42-25-22-32(29-48(42)49)31-23-27-47-44(28-31)41-19-9-11-21-46(41)50(47)34-24-26-39-37-16-5-4-14-35(37)36-15-6-7-17-38(36)43(39)30-34/h31-48H,1-30H2. The summed E-state index contributed by atoms with van der Waals surface area (Å²) in [4.78, 5) is 6.73. The molecule has 9 aliphatic carbocycles. The molecule has 0 spiro atoms. The molecule has 2 heterocycles. The van der Waals surface area contributed by atoms with Crippen molar-refractivity contribution in [2.24, 2.45) is 71.0 Å². The smallest absolute Gasteiger partial charge is 0.0135 e. The number of hydrogen-bond donors (Lipinski definition) is 0. The van der Waals surface area contributed by atoms with E-state index in [1.165, 1.54) is 38.5 Å². The van der Waals surface area contributed by atoms with Gasteiger partial charge in [-0.3, -0.25) is 9.80 Å². The van der Waals surface area contributed by atoms with Crippen molar-refractivity contribution < 1.29 is 0 Å². The molecular weight excluding hydrogens is 605 g/mol. The van der Waals surface area contributed by atoms with Crippen LogP contribution in [0.1, 0.15) is 193 Å². The maximum atomic E-state index is 3.41. The van der Waals surface area contributed by atoms with Crippen molar-refractivity contribution in [2.45, 2.75) is 229 Å². The molecule has 0 amide bonds. The zero-order chi connectivity index (χ0) is 32.8. The first-order chi connectivity index (χ1) is 24.8. The Labute approximate surface area is 308 Å². The summed E-state index contributed by atoms with van der Waals surface area (Å²) in [6.07, 6.45) is 47.3. The molecular formula is C48H78N2. The highest BCUT2D eigenvalue weighted by atomic mass is 15.3. The van der Waals surface area contributed by atoms with Crippen LogP contribution in [-0.4, -0.2) is 46.1 Å². The lowest BCUT2D eigenvalue weighted by Gasteiger charge is -2.59. The lowest BCUT2D eigenvalue weighted by Crippen LogP contribution is -2.55. The third-order valence-corrected chi connectivity index (χ3v) is 20.4. The van der Waals surface area contributed by atoms with Crippen molar-refractivity contribution in [3.05, 3.63) is 0 Å². The monoisotopic (exact) mass is 683 g/mol. The van der Waals surface area contributed by atoms with Gasteiger partial charge >= 0.3 is 0 Å². The third kappa shape index (κ3) is 5.47. The number of hydrogen-bond acceptors (Lipinski definition) is 2. The van der Waals surface area contributed by atoms with Gasteiger partial charge in [0.15, 0.2) is 0 Å². The SMILES string of the molecule is C1CCC(N2C3CCCCC3C3CCC(C4CCC5C(C4)C4CCCCC4N5C4CCC5C6CCCCC6C6CCCCC6C5C4)CC32)CC1. The van der Waals surface area contributed by atoms with Gasteiger partial charge < -0.3 is 0 Å². The summed E-state index contributed by atoms with van der Waals surface area (Å²) in [7, 11) is 0. The highest BCUT2D eigenvalue weighted by Gasteiger charge is 2.59. The van der Waals surface area contributed by atoms with E-state index in [9.17, 15) is 0 Å². The summed E-state index contributed by atoms with van der Waals surface area (Å²) in [5.41, 5.74) is 0. The van der Waals surface area contributed by atoms with Crippen LogP contribution in [0.15, 0.2) is 0 Å². The zero-order valence-corrected chi connectivity index (χ0v) is 32.5. The summed E-state index contributed by atoms with van der Waals surface area (Å²) >= 11 is 0. The van der Waals surface area contributed by atoms with Crippen molar-refractivity contribution in [1.29, 1.82) is 0 Å². The molecule has 2 nitrogen and oxygen atoms in total. The molecule has 11 aliphatic rings. The molecule has 0 N–H and O–H groups in total. The van der Waals surface area contributed by atoms with Crippen LogP contribution in [0.2, 0.25) is 0 Å². The summed E-state index contributed by atoms with van der Waals surface area (Å²) in [5, 5.41) is 0. The molecule has 9 saturated carbocycles. The van der Waals surface area contributed by atoms with E-state index in [2.05, 4.69) is 9.80 Å². The molecule has 0 aromatic rings. The van der Waals surface area contributed by atoms with Crippen LogP contribution in [0.3, 0.4) is 0 Å². The van der Waals surface area contributed by atoms with E-state index in [4.69, 9.17) is 0 Å². The molecule has 17 unspecified atom stereocenters. The number of fused-ring (bicyclic) bond motifs is 12. The molecule has 2 heteroatoms. The second-order valence-corrected chi connectivity index (χ2v) is 21.8. The summed E-state index contributed by atoms with van der Waals surface area (Å²) in [5.74, 6) is 13.1. The predicted molar refractivity (Wildman–Crippen MR) is 207 cm³/mol. The first-order valence-corrected chi connectivity index (χ1v) is 24.4. The van der Waals surface area contributed by atoms with Crippen molar-refractivity contribution in [2.75, 3.05) is 0 Å². The van der Waals surface area contributed by atoms with Crippen LogP contribution in [0, 0.1) is 71.0 Å². The van der Waals surface area contributed by atoms with Gasteiger partial charge in [-0.25, -0.2) is 0 Å². The Morgan fingerprint density at radius 1 is 0.220 bits per heavy atom. The first kappa shape index (κ1) is 33.3. The summed E-state index contributed by atoms with van der Waals surface area (Å²) in [6.45, 7) is 0. The molecule has 17 atom stereocenters. The van der Waals surface area contributed by atoms with Gasteiger partial charge in [0.05, 0.1) is 0 Å². The highest BCUT2D eigenvalue weighted by molar-refractivity contribution is 5.11. The van der Waals surface area contributed by atoms with Crippen molar-refractivity contribution >= 4 is 0 Å². The highest BCUT2D eigenvalue weighted by Crippen LogP contribution is 2.62. The van der Waals surface area contributed by atoms with Gasteiger partial charge in [-0.15, -0.1) is 0 Å². The lowest BCUT2D eigenvalue weighted by molar-refractivity contribution is -0.0986. The van der Waals surface area contributed by atoms with E-state index >= 15 is 0 Å². The molecule has 280 valence electrons. The number of nitrogens with zero attached hydrogens (tertiary/aromatic N) is 2. The first-order valence-electron chi connectivity index (χ1n) is 24.4. The van der Waals surface area contributed by atoms with Gasteiger partial charge in [-0.05, 0) is 193 Å². The fourth-order valence-electron chi connectivity index (χ4n) is 18.9. The molecule has 0 aromatic heterocycles. The fraction of sp³-hybridized carbons (Fsp3) is 1.00. The minimum atomic E-state index is 0.956. The van der Waals surface area contributed by atoms with Crippen LogP contribution in [-0.2, 0) is 0 Å². The molecule has 11 fully saturated rings. The second kappa shape index (κ2) is 13.9. The normalized spacial score (nSPS) is 54.4. The Hall–Kier alpha value is -0.0800. The number of rotatable bonds is 3. The predicted octanol–water partition coefficient (Wildman–Crippen LogP) is 12.0. The molecule has 2 aliphatic heterocycles. The second-order valence-electron chi connectivity index (χ2n) is 21.8. The van der Waals surface area contributed by atoms with E-state index in [0.29, 0.717) is 0 Å². The van der Waals surface area contributed by atoms with E-state index in [1.54, 1.807) is 154 Å². The van der Waals surface area contributed by atoms with Crippen molar-refractivity contribution in [3.8, 4) is 0 Å². The van der Waals surface area contributed by atoms with Crippen molar-refractivity contribution in [3.63, 3.8) is 0 Å². The van der Waals surface area contributed by atoms with Crippen LogP contribution in [0.5, 0.6) is 0 Å². The van der Waals surface area contributed by atoms with Gasteiger partial charge in [-0.2, -0.15) is 0 Å². The van der Waals surface area contributed by atoms with Gasteiger partial charge in [0.2, 0.25) is 0 Å². The Morgan fingerprint density at radius 2 is 0.660 bits per heavy atom. The minimum Gasteiger partial charge on any atom is -0.294 e. The van der Waals surface area contributed by atoms with Crippen LogP contribution in [0.4, 0.5) is 0 Å². The van der Waals surface area contributed by atoms with E-state index in [0.717, 1.165) is 107 Å². The van der Waals surface area contributed by atoms with Crippen LogP contribution < -0.4 is 0 Å². The van der Waals surface area contributed by atoms with E-state index in [1.807, 2.05) is 0 Å². The topological polar surface area (TPSA) is 6.48 Å². The Balaban J connectivity index is 0.812. The fourth-order valence-corrected chi connectivity index (χ4v) is 18.9. The average molecular weight is 683 g/mol. The largest absolute Gasteiger partial charge is 0.294 e. The van der Waals surface area contributed by atoms with Gasteiger partial charge in [0.25, 0.3) is 0 Å². The van der Waals surface area contributed by atoms with Crippen LogP contribution >= 0.6 is 0 Å². The van der Waals surface area contributed by atoms with Crippen molar-refractivity contribution in [1.82, 2.24) is 9.80 Å². The molecule has 50 heavy (non-hydrogen) atoms. The van der Waals surface area contributed by atoms with E-state index in [-0.39, 0.29) is 0 Å². The Morgan fingerprint density at radius 3 is 1.34 bits per heavy atom. The molecule has 11 rings (SSSR count). The van der Waals surface area contributed by atoms with E-state index < -0.39 is 0 Å². The Bertz CT molecular complexity index is 1160. The quantitative estimate of drug-likeness (QED) is 0.292. The molecule has 0 radical (unpaired) electrons. The molecule has 2 saturated heterocycles. The lowest BCUT2D eigenvalue weighted by atomic mass is 9.48. The third-order valence-electron chi connectivity index (χ3n) is 20.4. The molecule has 0 bridgehead atoms. The Kier molecular flexibility index (Phi) is 9.25. The minimum absolute atomic E-state index is 0.956. The van der Waals surface area contributed by atoms with Gasteiger partial charge in [0.1, 0.15) is 0 Å². The molecule has 0 aromatic carbocycles. The van der Waals surface area contributed by atoms with Crippen LogP contribution in [0.25, 0.3) is 0 Å². The summed E-state index contributed by atoms with van der Waals surface area (Å²) < 4.78 is 0. The summed E-state index contributed by atoms with van der Waals surface area (Å²) in [6, 6.07) is 5.81.